The normalized spacial score (nSPS) is 14.1. The van der Waals surface area contributed by atoms with E-state index in [9.17, 15) is 5.11 Å². The summed E-state index contributed by atoms with van der Waals surface area (Å²) in [6, 6.07) is 3.88. The van der Waals surface area contributed by atoms with Crippen molar-refractivity contribution in [3.8, 4) is 0 Å². The second-order valence-electron chi connectivity index (χ2n) is 4.31. The van der Waals surface area contributed by atoms with E-state index in [2.05, 4.69) is 25.8 Å². The zero-order chi connectivity index (χ0) is 10.8. The lowest BCUT2D eigenvalue weighted by Crippen LogP contribution is -2.06. The molecular formula is C11H17NOS. The van der Waals surface area contributed by atoms with Crippen molar-refractivity contribution >= 4 is 11.8 Å². The second kappa shape index (κ2) is 4.32. The Labute approximate surface area is 89.8 Å². The minimum absolute atomic E-state index is 0.202. The quantitative estimate of drug-likeness (QED) is 0.763. The van der Waals surface area contributed by atoms with Crippen LogP contribution in [-0.2, 0) is 0 Å². The molecule has 14 heavy (non-hydrogen) atoms. The molecule has 0 fully saturated rings. The minimum atomic E-state index is -0.483. The number of rotatable bonds is 2. The summed E-state index contributed by atoms with van der Waals surface area (Å²) < 4.78 is 0.202. The van der Waals surface area contributed by atoms with E-state index < -0.39 is 6.10 Å². The molecule has 3 heteroatoms. The molecule has 2 nitrogen and oxygen atoms in total. The van der Waals surface area contributed by atoms with Crippen LogP contribution in [0.1, 0.15) is 39.5 Å². The molecule has 78 valence electrons. The molecule has 1 rings (SSSR count). The van der Waals surface area contributed by atoms with Crippen LogP contribution in [0.15, 0.2) is 23.2 Å². The molecule has 1 heterocycles. The number of hydrogen-bond acceptors (Lipinski definition) is 3. The average molecular weight is 211 g/mol. The maximum atomic E-state index is 9.28. The van der Waals surface area contributed by atoms with Crippen LogP contribution in [0, 0.1) is 0 Å². The van der Waals surface area contributed by atoms with Crippen LogP contribution in [0.5, 0.6) is 0 Å². The Hall–Kier alpha value is -0.540. The first-order valence-corrected chi connectivity index (χ1v) is 5.53. The van der Waals surface area contributed by atoms with Gasteiger partial charge in [0.25, 0.3) is 0 Å². The Balaban J connectivity index is 2.74. The van der Waals surface area contributed by atoms with Gasteiger partial charge in [-0.1, -0.05) is 20.8 Å². The third kappa shape index (κ3) is 3.68. The van der Waals surface area contributed by atoms with Gasteiger partial charge in [0.1, 0.15) is 0 Å². The molecule has 0 bridgehead atoms. The fourth-order valence-electron chi connectivity index (χ4n) is 1.05. The van der Waals surface area contributed by atoms with Crippen LogP contribution in [0.3, 0.4) is 0 Å². The average Bonchev–Trinajstić information content (AvgIpc) is 2.02. The maximum absolute atomic E-state index is 9.28. The summed E-state index contributed by atoms with van der Waals surface area (Å²) in [4.78, 5) is 5.33. The zero-order valence-corrected chi connectivity index (χ0v) is 9.93. The molecule has 0 spiro atoms. The van der Waals surface area contributed by atoms with Crippen molar-refractivity contribution < 1.29 is 5.11 Å². The number of nitrogens with zero attached hydrogens (tertiary/aromatic N) is 1. The van der Waals surface area contributed by atoms with Crippen molar-refractivity contribution in [2.75, 3.05) is 0 Å². The van der Waals surface area contributed by atoms with Crippen LogP contribution in [0.25, 0.3) is 0 Å². The number of aliphatic hydroxyl groups is 1. The highest BCUT2D eigenvalue weighted by Crippen LogP contribution is 2.31. The minimum Gasteiger partial charge on any atom is -0.387 e. The van der Waals surface area contributed by atoms with E-state index in [1.54, 1.807) is 18.7 Å². The summed E-state index contributed by atoms with van der Waals surface area (Å²) in [7, 11) is 0. The molecule has 1 aromatic rings. The topological polar surface area (TPSA) is 33.1 Å². The molecule has 0 saturated heterocycles. The standard InChI is InChI=1S/C11H17NOS/c1-8(13)10-6-5-9(7-12-10)14-11(2,3)4/h5-8,13H,1-4H3/t8-/m0/s1. The van der Waals surface area contributed by atoms with Gasteiger partial charge in [-0.25, -0.2) is 0 Å². The van der Waals surface area contributed by atoms with Crippen molar-refractivity contribution in [3.05, 3.63) is 24.0 Å². The van der Waals surface area contributed by atoms with Crippen molar-refractivity contribution in [3.63, 3.8) is 0 Å². The second-order valence-corrected chi connectivity index (χ2v) is 6.21. The monoisotopic (exact) mass is 211 g/mol. The van der Waals surface area contributed by atoms with E-state index in [0.717, 1.165) is 10.6 Å². The van der Waals surface area contributed by atoms with Gasteiger partial charge in [-0.05, 0) is 19.1 Å². The predicted molar refractivity (Wildman–Crippen MR) is 60.5 cm³/mol. The molecule has 0 saturated carbocycles. The lowest BCUT2D eigenvalue weighted by molar-refractivity contribution is 0.194. The maximum Gasteiger partial charge on any atom is 0.0931 e. The van der Waals surface area contributed by atoms with E-state index in [1.807, 2.05) is 18.3 Å². The van der Waals surface area contributed by atoms with E-state index >= 15 is 0 Å². The van der Waals surface area contributed by atoms with Crippen LogP contribution in [0.2, 0.25) is 0 Å². The first-order chi connectivity index (χ1) is 6.38. The van der Waals surface area contributed by atoms with E-state index in [4.69, 9.17) is 0 Å². The summed E-state index contributed by atoms with van der Waals surface area (Å²) in [5.74, 6) is 0. The first-order valence-electron chi connectivity index (χ1n) is 4.71. The summed E-state index contributed by atoms with van der Waals surface area (Å²) in [5.41, 5.74) is 0.725. The van der Waals surface area contributed by atoms with Gasteiger partial charge in [0, 0.05) is 15.8 Å². The van der Waals surface area contributed by atoms with Gasteiger partial charge in [-0.3, -0.25) is 4.98 Å². The number of pyridine rings is 1. The Morgan fingerprint density at radius 3 is 2.36 bits per heavy atom. The molecule has 1 atom stereocenters. The molecule has 0 radical (unpaired) electrons. The highest BCUT2D eigenvalue weighted by molar-refractivity contribution is 8.00. The predicted octanol–water partition coefficient (Wildman–Crippen LogP) is 3.03. The van der Waals surface area contributed by atoms with Gasteiger partial charge in [-0.15, -0.1) is 11.8 Å². The summed E-state index contributed by atoms with van der Waals surface area (Å²) >= 11 is 1.78. The first kappa shape index (κ1) is 11.5. The molecule has 1 N–H and O–H groups in total. The van der Waals surface area contributed by atoms with Crippen LogP contribution in [-0.4, -0.2) is 14.8 Å². The largest absolute Gasteiger partial charge is 0.387 e. The van der Waals surface area contributed by atoms with Crippen molar-refractivity contribution in [2.45, 2.75) is 43.4 Å². The van der Waals surface area contributed by atoms with Crippen LogP contribution >= 0.6 is 11.8 Å². The highest BCUT2D eigenvalue weighted by Gasteiger charge is 2.12. The van der Waals surface area contributed by atoms with E-state index in [0.29, 0.717) is 0 Å². The Kier molecular flexibility index (Phi) is 3.56. The van der Waals surface area contributed by atoms with Crippen LogP contribution < -0.4 is 0 Å². The molecular weight excluding hydrogens is 194 g/mol. The van der Waals surface area contributed by atoms with Gasteiger partial charge >= 0.3 is 0 Å². The van der Waals surface area contributed by atoms with Crippen molar-refractivity contribution in [2.24, 2.45) is 0 Å². The summed E-state index contributed by atoms with van der Waals surface area (Å²) in [6.45, 7) is 8.22. The van der Waals surface area contributed by atoms with Gasteiger partial charge < -0.3 is 5.11 Å². The number of aliphatic hydroxyl groups excluding tert-OH is 1. The zero-order valence-electron chi connectivity index (χ0n) is 9.11. The molecule has 0 unspecified atom stereocenters. The fourth-order valence-corrected chi connectivity index (χ4v) is 2.00. The summed E-state index contributed by atoms with van der Waals surface area (Å²) in [6.07, 6.45) is 1.33. The number of aromatic nitrogens is 1. The smallest absolute Gasteiger partial charge is 0.0931 e. The molecule has 0 aliphatic rings. The Morgan fingerprint density at radius 1 is 1.36 bits per heavy atom. The third-order valence-electron chi connectivity index (χ3n) is 1.61. The lowest BCUT2D eigenvalue weighted by atomic mass is 10.2. The Bertz CT molecular complexity index is 287. The number of hydrogen-bond donors (Lipinski definition) is 1. The van der Waals surface area contributed by atoms with Gasteiger partial charge in [0.2, 0.25) is 0 Å². The SMILES string of the molecule is C[C@H](O)c1ccc(SC(C)(C)C)cn1. The Morgan fingerprint density at radius 2 is 2.00 bits per heavy atom. The molecule has 0 amide bonds. The van der Waals surface area contributed by atoms with Crippen LogP contribution in [0.4, 0.5) is 0 Å². The molecule has 0 aliphatic carbocycles. The lowest BCUT2D eigenvalue weighted by Gasteiger charge is -2.17. The van der Waals surface area contributed by atoms with E-state index in [-0.39, 0.29) is 4.75 Å². The number of thioether (sulfide) groups is 1. The van der Waals surface area contributed by atoms with Crippen molar-refractivity contribution in [1.29, 1.82) is 0 Å². The summed E-state index contributed by atoms with van der Waals surface area (Å²) in [5, 5.41) is 9.28. The fraction of sp³-hybridized carbons (Fsp3) is 0.545. The van der Waals surface area contributed by atoms with Gasteiger partial charge in [0.05, 0.1) is 11.8 Å². The van der Waals surface area contributed by atoms with E-state index in [1.165, 1.54) is 0 Å². The van der Waals surface area contributed by atoms with Gasteiger partial charge in [0.15, 0.2) is 0 Å². The molecule has 0 aromatic carbocycles. The molecule has 0 aliphatic heterocycles. The van der Waals surface area contributed by atoms with Crippen molar-refractivity contribution in [1.82, 2.24) is 4.98 Å². The third-order valence-corrected chi connectivity index (χ3v) is 2.70. The highest BCUT2D eigenvalue weighted by atomic mass is 32.2. The van der Waals surface area contributed by atoms with Gasteiger partial charge in [-0.2, -0.15) is 0 Å². The molecule has 1 aromatic heterocycles.